The predicted molar refractivity (Wildman–Crippen MR) is 69.1 cm³/mol. The number of thiocarbonyl (C=S) groups is 1. The molecule has 0 unspecified atom stereocenters. The third kappa shape index (κ3) is 4.70. The Labute approximate surface area is 101 Å². The van der Waals surface area contributed by atoms with Gasteiger partial charge >= 0.3 is 0 Å². The molecule has 4 heteroatoms. The molecule has 1 aromatic rings. The number of benzene rings is 1. The standard InChI is InChI=1S/C12H14N2OS/c1-2-8-13-12(16)14-11(15)9-10-6-4-3-5-7-10/h2-7H,1,8-9H2,(H2,13,14,15,16). The van der Waals surface area contributed by atoms with Crippen molar-refractivity contribution in [2.24, 2.45) is 0 Å². The van der Waals surface area contributed by atoms with Gasteiger partial charge in [0.25, 0.3) is 0 Å². The Morgan fingerprint density at radius 2 is 2.06 bits per heavy atom. The Kier molecular flexibility index (Phi) is 5.22. The van der Waals surface area contributed by atoms with Crippen LogP contribution in [0.3, 0.4) is 0 Å². The molecule has 0 saturated heterocycles. The van der Waals surface area contributed by atoms with Crippen LogP contribution in [0.1, 0.15) is 5.56 Å². The maximum Gasteiger partial charge on any atom is 0.230 e. The molecular weight excluding hydrogens is 220 g/mol. The van der Waals surface area contributed by atoms with Gasteiger partial charge in [0.2, 0.25) is 5.91 Å². The van der Waals surface area contributed by atoms with Gasteiger partial charge < -0.3 is 10.6 Å². The fourth-order valence-electron chi connectivity index (χ4n) is 1.16. The lowest BCUT2D eigenvalue weighted by molar-refractivity contribution is -0.119. The van der Waals surface area contributed by atoms with Gasteiger partial charge in [-0.25, -0.2) is 0 Å². The largest absolute Gasteiger partial charge is 0.359 e. The molecule has 0 saturated carbocycles. The molecule has 3 nitrogen and oxygen atoms in total. The van der Waals surface area contributed by atoms with Crippen molar-refractivity contribution in [1.29, 1.82) is 0 Å². The first-order valence-electron chi connectivity index (χ1n) is 4.95. The van der Waals surface area contributed by atoms with Crippen molar-refractivity contribution in [3.63, 3.8) is 0 Å². The van der Waals surface area contributed by atoms with Gasteiger partial charge in [0, 0.05) is 6.54 Å². The molecule has 0 atom stereocenters. The molecule has 0 radical (unpaired) electrons. The normalized spacial score (nSPS) is 9.25. The van der Waals surface area contributed by atoms with Gasteiger partial charge in [-0.15, -0.1) is 6.58 Å². The number of amides is 1. The van der Waals surface area contributed by atoms with E-state index >= 15 is 0 Å². The molecule has 1 aromatic carbocycles. The van der Waals surface area contributed by atoms with E-state index in [-0.39, 0.29) is 5.91 Å². The van der Waals surface area contributed by atoms with Crippen LogP contribution < -0.4 is 10.6 Å². The molecule has 1 amide bonds. The summed E-state index contributed by atoms with van der Waals surface area (Å²) in [5, 5.41) is 5.76. The van der Waals surface area contributed by atoms with E-state index in [0.717, 1.165) is 5.56 Å². The van der Waals surface area contributed by atoms with E-state index in [1.807, 2.05) is 30.3 Å². The number of rotatable bonds is 4. The zero-order chi connectivity index (χ0) is 11.8. The summed E-state index contributed by atoms with van der Waals surface area (Å²) in [5.41, 5.74) is 0.964. The van der Waals surface area contributed by atoms with Crippen LogP contribution in [-0.2, 0) is 11.2 Å². The Hall–Kier alpha value is -1.68. The van der Waals surface area contributed by atoms with Crippen LogP contribution in [0.15, 0.2) is 43.0 Å². The van der Waals surface area contributed by atoms with E-state index < -0.39 is 0 Å². The van der Waals surface area contributed by atoms with E-state index in [9.17, 15) is 4.79 Å². The quantitative estimate of drug-likeness (QED) is 0.611. The van der Waals surface area contributed by atoms with E-state index in [2.05, 4.69) is 17.2 Å². The van der Waals surface area contributed by atoms with E-state index in [0.29, 0.717) is 18.1 Å². The highest BCUT2D eigenvalue weighted by Gasteiger charge is 2.04. The zero-order valence-electron chi connectivity index (χ0n) is 8.90. The molecule has 0 aromatic heterocycles. The summed E-state index contributed by atoms with van der Waals surface area (Å²) in [6.07, 6.45) is 2.01. The first kappa shape index (κ1) is 12.4. The van der Waals surface area contributed by atoms with Crippen molar-refractivity contribution in [2.45, 2.75) is 6.42 Å². The fraction of sp³-hybridized carbons (Fsp3) is 0.167. The Morgan fingerprint density at radius 1 is 1.38 bits per heavy atom. The van der Waals surface area contributed by atoms with E-state index in [1.165, 1.54) is 0 Å². The lowest BCUT2D eigenvalue weighted by Crippen LogP contribution is -2.39. The summed E-state index contributed by atoms with van der Waals surface area (Å²) in [5.74, 6) is -0.118. The average molecular weight is 234 g/mol. The summed E-state index contributed by atoms with van der Waals surface area (Å²) in [6.45, 7) is 4.09. The molecule has 2 N–H and O–H groups in total. The molecule has 0 fully saturated rings. The highest BCUT2D eigenvalue weighted by Crippen LogP contribution is 1.98. The van der Waals surface area contributed by atoms with E-state index in [4.69, 9.17) is 12.2 Å². The van der Waals surface area contributed by atoms with Crippen LogP contribution in [0.5, 0.6) is 0 Å². The van der Waals surface area contributed by atoms with Crippen molar-refractivity contribution in [3.8, 4) is 0 Å². The summed E-state index contributed by atoms with van der Waals surface area (Å²) in [7, 11) is 0. The molecule has 1 rings (SSSR count). The van der Waals surface area contributed by atoms with Gasteiger partial charge in [-0.3, -0.25) is 4.79 Å². The summed E-state index contributed by atoms with van der Waals surface area (Å²) < 4.78 is 0. The van der Waals surface area contributed by atoms with Gasteiger partial charge in [0.05, 0.1) is 6.42 Å². The van der Waals surface area contributed by atoms with Crippen molar-refractivity contribution < 1.29 is 4.79 Å². The van der Waals surface area contributed by atoms with Crippen molar-refractivity contribution in [2.75, 3.05) is 6.54 Å². The predicted octanol–water partition coefficient (Wildman–Crippen LogP) is 1.41. The summed E-state index contributed by atoms with van der Waals surface area (Å²) in [4.78, 5) is 11.5. The smallest absolute Gasteiger partial charge is 0.230 e. The van der Waals surface area contributed by atoms with E-state index in [1.54, 1.807) is 6.08 Å². The van der Waals surface area contributed by atoms with Crippen LogP contribution in [0.25, 0.3) is 0 Å². The maximum atomic E-state index is 11.5. The number of nitrogens with one attached hydrogen (secondary N) is 2. The maximum absolute atomic E-state index is 11.5. The molecule has 16 heavy (non-hydrogen) atoms. The minimum Gasteiger partial charge on any atom is -0.359 e. The molecule has 0 bridgehead atoms. The second-order valence-electron chi connectivity index (χ2n) is 3.21. The average Bonchev–Trinajstić information content (AvgIpc) is 2.27. The number of carbonyl (C=O) groups is 1. The second kappa shape index (κ2) is 6.74. The second-order valence-corrected chi connectivity index (χ2v) is 3.62. The monoisotopic (exact) mass is 234 g/mol. The van der Waals surface area contributed by atoms with Gasteiger partial charge in [0.15, 0.2) is 5.11 Å². The summed E-state index contributed by atoms with van der Waals surface area (Å²) >= 11 is 4.92. The number of hydrogen-bond acceptors (Lipinski definition) is 2. The third-order valence-corrected chi connectivity index (χ3v) is 2.11. The van der Waals surface area contributed by atoms with Crippen molar-refractivity contribution >= 4 is 23.2 Å². The van der Waals surface area contributed by atoms with Crippen molar-refractivity contribution in [1.82, 2.24) is 10.6 Å². The topological polar surface area (TPSA) is 41.1 Å². The third-order valence-electron chi connectivity index (χ3n) is 1.87. The molecule has 84 valence electrons. The number of hydrogen-bond donors (Lipinski definition) is 2. The van der Waals surface area contributed by atoms with Crippen LogP contribution in [0, 0.1) is 0 Å². The minimum absolute atomic E-state index is 0.118. The zero-order valence-corrected chi connectivity index (χ0v) is 9.72. The first-order valence-corrected chi connectivity index (χ1v) is 5.35. The van der Waals surface area contributed by atoms with Gasteiger partial charge in [-0.05, 0) is 17.8 Å². The minimum atomic E-state index is -0.118. The molecule has 0 heterocycles. The highest BCUT2D eigenvalue weighted by molar-refractivity contribution is 7.80. The number of carbonyl (C=O) groups excluding carboxylic acids is 1. The molecular formula is C12H14N2OS. The molecule has 0 spiro atoms. The lowest BCUT2D eigenvalue weighted by atomic mass is 10.1. The first-order chi connectivity index (χ1) is 7.72. The van der Waals surface area contributed by atoms with Crippen LogP contribution in [0.2, 0.25) is 0 Å². The van der Waals surface area contributed by atoms with Crippen LogP contribution in [0.4, 0.5) is 0 Å². The molecule has 0 aliphatic heterocycles. The highest BCUT2D eigenvalue weighted by atomic mass is 32.1. The fourth-order valence-corrected chi connectivity index (χ4v) is 1.36. The van der Waals surface area contributed by atoms with Gasteiger partial charge in [0.1, 0.15) is 0 Å². The van der Waals surface area contributed by atoms with Crippen molar-refractivity contribution in [3.05, 3.63) is 48.6 Å². The van der Waals surface area contributed by atoms with Crippen LogP contribution in [-0.4, -0.2) is 17.6 Å². The molecule has 0 aliphatic carbocycles. The van der Waals surface area contributed by atoms with Gasteiger partial charge in [-0.2, -0.15) is 0 Å². The Morgan fingerprint density at radius 3 is 2.69 bits per heavy atom. The van der Waals surface area contributed by atoms with Gasteiger partial charge in [-0.1, -0.05) is 36.4 Å². The SMILES string of the molecule is C=CCNC(=S)NC(=O)Cc1ccccc1. The molecule has 0 aliphatic rings. The summed E-state index contributed by atoms with van der Waals surface area (Å²) in [6, 6.07) is 9.52. The lowest BCUT2D eigenvalue weighted by Gasteiger charge is -2.07. The Balaban J connectivity index is 2.36. The Bertz CT molecular complexity index is 376. The van der Waals surface area contributed by atoms with Crippen LogP contribution >= 0.6 is 12.2 Å².